The Morgan fingerprint density at radius 3 is 2.83 bits per heavy atom. The SMILES string of the molecule is CN1CCCCC1CCC/C=C/c1ccccc1. The van der Waals surface area contributed by atoms with Crippen LogP contribution < -0.4 is 0 Å². The van der Waals surface area contributed by atoms with Gasteiger partial charge in [0.2, 0.25) is 0 Å². The minimum atomic E-state index is 0.837. The molecule has 1 unspecified atom stereocenters. The van der Waals surface area contributed by atoms with E-state index in [1.165, 1.54) is 50.6 Å². The molecule has 2 rings (SSSR count). The van der Waals surface area contributed by atoms with Gasteiger partial charge in [0.1, 0.15) is 0 Å². The summed E-state index contributed by atoms with van der Waals surface area (Å²) in [5, 5.41) is 0. The van der Waals surface area contributed by atoms with Crippen LogP contribution in [0.15, 0.2) is 36.4 Å². The van der Waals surface area contributed by atoms with E-state index in [4.69, 9.17) is 0 Å². The maximum atomic E-state index is 2.55. The van der Waals surface area contributed by atoms with Gasteiger partial charge in [-0.15, -0.1) is 0 Å². The van der Waals surface area contributed by atoms with E-state index in [2.05, 4.69) is 54.4 Å². The second-order valence-corrected chi connectivity index (χ2v) is 5.37. The second kappa shape index (κ2) is 7.38. The Morgan fingerprint density at radius 1 is 1.22 bits per heavy atom. The molecule has 0 saturated carbocycles. The Hall–Kier alpha value is -1.08. The van der Waals surface area contributed by atoms with Gasteiger partial charge in [0, 0.05) is 6.04 Å². The van der Waals surface area contributed by atoms with Crippen LogP contribution in [0, 0.1) is 0 Å². The fourth-order valence-electron chi connectivity index (χ4n) is 2.76. The smallest absolute Gasteiger partial charge is 0.00923 e. The fourth-order valence-corrected chi connectivity index (χ4v) is 2.76. The van der Waals surface area contributed by atoms with Crippen molar-refractivity contribution in [2.24, 2.45) is 0 Å². The van der Waals surface area contributed by atoms with Crippen molar-refractivity contribution in [3.05, 3.63) is 42.0 Å². The number of likely N-dealkylation sites (tertiary alicyclic amines) is 1. The molecule has 1 nitrogen and oxygen atoms in total. The van der Waals surface area contributed by atoms with Crippen LogP contribution in [0.3, 0.4) is 0 Å². The highest BCUT2D eigenvalue weighted by Gasteiger charge is 2.17. The molecule has 1 aromatic rings. The molecule has 98 valence electrons. The van der Waals surface area contributed by atoms with E-state index in [-0.39, 0.29) is 0 Å². The van der Waals surface area contributed by atoms with Crippen LogP contribution in [-0.4, -0.2) is 24.5 Å². The fraction of sp³-hybridized carbons (Fsp3) is 0.529. The summed E-state index contributed by atoms with van der Waals surface area (Å²) in [7, 11) is 2.28. The molecule has 0 bridgehead atoms. The van der Waals surface area contributed by atoms with Crippen LogP contribution in [0.4, 0.5) is 0 Å². The van der Waals surface area contributed by atoms with Gasteiger partial charge in [0.25, 0.3) is 0 Å². The van der Waals surface area contributed by atoms with Crippen molar-refractivity contribution in [1.82, 2.24) is 4.90 Å². The first-order chi connectivity index (χ1) is 8.86. The average molecular weight is 243 g/mol. The van der Waals surface area contributed by atoms with E-state index >= 15 is 0 Å². The summed E-state index contributed by atoms with van der Waals surface area (Å²) in [5.41, 5.74) is 1.31. The van der Waals surface area contributed by atoms with E-state index in [1.54, 1.807) is 0 Å². The standard InChI is InChI=1S/C17H25N/c1-18-15-9-8-14-17(18)13-7-3-6-12-16-10-4-2-5-11-16/h2,4-6,10-12,17H,3,7-9,13-15H2,1H3/b12-6+. The van der Waals surface area contributed by atoms with Crippen molar-refractivity contribution in [3.63, 3.8) is 0 Å². The lowest BCUT2D eigenvalue weighted by Gasteiger charge is -2.32. The minimum Gasteiger partial charge on any atom is -0.303 e. The third-order valence-electron chi connectivity index (χ3n) is 3.94. The molecule has 0 amide bonds. The quantitative estimate of drug-likeness (QED) is 0.695. The van der Waals surface area contributed by atoms with Gasteiger partial charge in [0.05, 0.1) is 0 Å². The van der Waals surface area contributed by atoms with Crippen LogP contribution in [-0.2, 0) is 0 Å². The second-order valence-electron chi connectivity index (χ2n) is 5.37. The monoisotopic (exact) mass is 243 g/mol. The molecule has 0 aromatic heterocycles. The zero-order valence-electron chi connectivity index (χ0n) is 11.5. The molecule has 1 heterocycles. The predicted octanol–water partition coefficient (Wildman–Crippen LogP) is 4.35. The normalized spacial score (nSPS) is 21.5. The maximum Gasteiger partial charge on any atom is 0.00923 e. The molecule has 1 saturated heterocycles. The first-order valence-electron chi connectivity index (χ1n) is 7.28. The Labute approximate surface area is 112 Å². The lowest BCUT2D eigenvalue weighted by molar-refractivity contribution is 0.174. The number of rotatable bonds is 5. The molecule has 0 aliphatic carbocycles. The van der Waals surface area contributed by atoms with Crippen molar-refractivity contribution in [1.29, 1.82) is 0 Å². The highest BCUT2D eigenvalue weighted by Crippen LogP contribution is 2.19. The highest BCUT2D eigenvalue weighted by molar-refractivity contribution is 5.48. The lowest BCUT2D eigenvalue weighted by Crippen LogP contribution is -2.35. The van der Waals surface area contributed by atoms with Crippen molar-refractivity contribution < 1.29 is 0 Å². The summed E-state index contributed by atoms with van der Waals surface area (Å²) in [5.74, 6) is 0. The first kappa shape index (κ1) is 13.4. The van der Waals surface area contributed by atoms with Crippen LogP contribution in [0.2, 0.25) is 0 Å². The molecule has 1 aromatic carbocycles. The summed E-state index contributed by atoms with van der Waals surface area (Å²) in [6.45, 7) is 1.30. The third kappa shape index (κ3) is 4.30. The molecule has 1 heteroatoms. The van der Waals surface area contributed by atoms with Crippen molar-refractivity contribution in [3.8, 4) is 0 Å². The Balaban J connectivity index is 1.65. The number of piperidine rings is 1. The van der Waals surface area contributed by atoms with Gasteiger partial charge in [-0.2, -0.15) is 0 Å². The van der Waals surface area contributed by atoms with Crippen LogP contribution in [0.25, 0.3) is 6.08 Å². The summed E-state index contributed by atoms with van der Waals surface area (Å²) in [6.07, 6.45) is 12.7. The van der Waals surface area contributed by atoms with Gasteiger partial charge in [-0.1, -0.05) is 48.9 Å². The molecule has 1 aliphatic rings. The maximum absolute atomic E-state index is 2.55. The molecule has 0 N–H and O–H groups in total. The zero-order valence-corrected chi connectivity index (χ0v) is 11.5. The third-order valence-corrected chi connectivity index (χ3v) is 3.94. The van der Waals surface area contributed by atoms with Crippen LogP contribution in [0.5, 0.6) is 0 Å². The molecular weight excluding hydrogens is 218 g/mol. The average Bonchev–Trinajstić information content (AvgIpc) is 2.42. The van der Waals surface area contributed by atoms with E-state index in [9.17, 15) is 0 Å². The molecule has 0 radical (unpaired) electrons. The van der Waals surface area contributed by atoms with Gasteiger partial charge in [-0.25, -0.2) is 0 Å². The van der Waals surface area contributed by atoms with Gasteiger partial charge in [-0.05, 0) is 51.3 Å². The van der Waals surface area contributed by atoms with Crippen LogP contribution >= 0.6 is 0 Å². The Kier molecular flexibility index (Phi) is 5.47. The van der Waals surface area contributed by atoms with Gasteiger partial charge in [0.15, 0.2) is 0 Å². The summed E-state index contributed by atoms with van der Waals surface area (Å²) < 4.78 is 0. The number of nitrogens with zero attached hydrogens (tertiary/aromatic N) is 1. The predicted molar refractivity (Wildman–Crippen MR) is 79.6 cm³/mol. The molecular formula is C17H25N. The number of benzene rings is 1. The van der Waals surface area contributed by atoms with E-state index in [0.717, 1.165) is 6.04 Å². The molecule has 18 heavy (non-hydrogen) atoms. The summed E-state index contributed by atoms with van der Waals surface area (Å²) in [4.78, 5) is 2.55. The Morgan fingerprint density at radius 2 is 2.06 bits per heavy atom. The molecule has 1 fully saturated rings. The van der Waals surface area contributed by atoms with Gasteiger partial charge >= 0.3 is 0 Å². The first-order valence-corrected chi connectivity index (χ1v) is 7.28. The number of hydrogen-bond donors (Lipinski definition) is 0. The van der Waals surface area contributed by atoms with Crippen molar-refractivity contribution in [2.75, 3.05) is 13.6 Å². The minimum absolute atomic E-state index is 0.837. The number of unbranched alkanes of at least 4 members (excludes halogenated alkanes) is 1. The van der Waals surface area contributed by atoms with Gasteiger partial charge < -0.3 is 4.90 Å². The number of hydrogen-bond acceptors (Lipinski definition) is 1. The highest BCUT2D eigenvalue weighted by atomic mass is 15.1. The molecule has 0 spiro atoms. The Bertz CT molecular complexity index is 355. The van der Waals surface area contributed by atoms with Crippen LogP contribution in [0.1, 0.15) is 44.1 Å². The van der Waals surface area contributed by atoms with E-state index in [0.29, 0.717) is 0 Å². The summed E-state index contributed by atoms with van der Waals surface area (Å²) >= 11 is 0. The van der Waals surface area contributed by atoms with E-state index < -0.39 is 0 Å². The summed E-state index contributed by atoms with van der Waals surface area (Å²) in [6, 6.07) is 11.4. The zero-order chi connectivity index (χ0) is 12.6. The lowest BCUT2D eigenvalue weighted by atomic mass is 9.98. The van der Waals surface area contributed by atoms with Gasteiger partial charge in [-0.3, -0.25) is 0 Å². The van der Waals surface area contributed by atoms with Crippen molar-refractivity contribution in [2.45, 2.75) is 44.6 Å². The van der Waals surface area contributed by atoms with Crippen molar-refractivity contribution >= 4 is 6.08 Å². The largest absolute Gasteiger partial charge is 0.303 e. The molecule has 1 atom stereocenters. The van der Waals surface area contributed by atoms with E-state index in [1.807, 2.05) is 0 Å². The number of allylic oxidation sites excluding steroid dienone is 1. The molecule has 1 aliphatic heterocycles. The topological polar surface area (TPSA) is 3.24 Å².